The largest absolute Gasteiger partial charge is 0.481 e. The van der Waals surface area contributed by atoms with Crippen LogP contribution in [0.3, 0.4) is 0 Å². The van der Waals surface area contributed by atoms with Crippen molar-refractivity contribution in [2.24, 2.45) is 0 Å². The Balaban J connectivity index is 0.000000796. The second-order valence-corrected chi connectivity index (χ2v) is 4.01. The number of hydrogen-bond donors (Lipinski definition) is 3. The fourth-order valence-corrected chi connectivity index (χ4v) is 1.21. The Hall–Kier alpha value is -2.08. The summed E-state index contributed by atoms with van der Waals surface area (Å²) in [4.78, 5) is 20.3. The average Bonchev–Trinajstić information content (AvgIpc) is 2.43. The lowest BCUT2D eigenvalue weighted by atomic mass is 10.2. The highest BCUT2D eigenvalue weighted by molar-refractivity contribution is 5.67. The van der Waals surface area contributed by atoms with Crippen LogP contribution in [0.25, 0.3) is 0 Å². The van der Waals surface area contributed by atoms with Crippen LogP contribution in [0.4, 0.5) is 4.79 Å². The lowest BCUT2D eigenvalue weighted by Gasteiger charge is -2.13. The first-order valence-electron chi connectivity index (χ1n) is 6.27. The molecule has 0 bridgehead atoms. The van der Waals surface area contributed by atoms with Crippen molar-refractivity contribution in [1.82, 2.24) is 5.32 Å². The second kappa shape index (κ2) is 10.8. The minimum Gasteiger partial charge on any atom is -0.481 e. The van der Waals surface area contributed by atoms with Crippen LogP contribution in [0.15, 0.2) is 30.3 Å². The summed E-state index contributed by atoms with van der Waals surface area (Å²) in [7, 11) is 0. The molecule has 1 aromatic rings. The van der Waals surface area contributed by atoms with E-state index in [9.17, 15) is 4.79 Å². The van der Waals surface area contributed by atoms with E-state index in [0.717, 1.165) is 12.5 Å². The van der Waals surface area contributed by atoms with Crippen molar-refractivity contribution >= 4 is 12.1 Å². The van der Waals surface area contributed by atoms with Crippen LogP contribution in [0.2, 0.25) is 0 Å². The molecule has 0 saturated carbocycles. The SMILES string of the molecule is CC(=O)O.CCC(CO)NC(=O)OCc1ccccc1. The Kier molecular flexibility index (Phi) is 9.68. The average molecular weight is 283 g/mol. The lowest BCUT2D eigenvalue weighted by Crippen LogP contribution is -2.37. The number of ether oxygens (including phenoxy) is 1. The zero-order valence-corrected chi connectivity index (χ0v) is 11.7. The molecule has 0 spiro atoms. The molecule has 0 aliphatic carbocycles. The van der Waals surface area contributed by atoms with E-state index in [-0.39, 0.29) is 19.3 Å². The quantitative estimate of drug-likeness (QED) is 0.765. The molecule has 0 fully saturated rings. The number of carboxylic acid groups (broad SMARTS) is 1. The first kappa shape index (κ1) is 17.9. The minimum atomic E-state index is -0.833. The number of aliphatic hydroxyl groups is 1. The van der Waals surface area contributed by atoms with Gasteiger partial charge in [0.2, 0.25) is 0 Å². The molecule has 0 saturated heterocycles. The summed E-state index contributed by atoms with van der Waals surface area (Å²) >= 11 is 0. The third-order valence-corrected chi connectivity index (χ3v) is 2.25. The molecular formula is C14H21NO5. The molecule has 0 radical (unpaired) electrons. The first-order valence-corrected chi connectivity index (χ1v) is 6.27. The highest BCUT2D eigenvalue weighted by Crippen LogP contribution is 2.01. The van der Waals surface area contributed by atoms with Gasteiger partial charge in [0.15, 0.2) is 0 Å². The molecule has 0 aliphatic heterocycles. The summed E-state index contributed by atoms with van der Waals surface area (Å²) in [5.74, 6) is -0.833. The molecule has 1 atom stereocenters. The maximum atomic E-state index is 11.3. The van der Waals surface area contributed by atoms with Crippen molar-refractivity contribution < 1.29 is 24.5 Å². The Labute approximate surface area is 118 Å². The van der Waals surface area contributed by atoms with Crippen LogP contribution < -0.4 is 5.32 Å². The van der Waals surface area contributed by atoms with Gasteiger partial charge in [-0.3, -0.25) is 4.79 Å². The van der Waals surface area contributed by atoms with Crippen LogP contribution >= 0.6 is 0 Å². The van der Waals surface area contributed by atoms with Gasteiger partial charge in [0.05, 0.1) is 12.6 Å². The van der Waals surface area contributed by atoms with E-state index < -0.39 is 12.1 Å². The number of aliphatic hydroxyl groups excluding tert-OH is 1. The number of carbonyl (C=O) groups is 2. The molecular weight excluding hydrogens is 262 g/mol. The van der Waals surface area contributed by atoms with Gasteiger partial charge in [0.25, 0.3) is 5.97 Å². The van der Waals surface area contributed by atoms with Crippen molar-refractivity contribution in [1.29, 1.82) is 0 Å². The van der Waals surface area contributed by atoms with E-state index in [1.807, 2.05) is 37.3 Å². The molecule has 0 aromatic heterocycles. The Morgan fingerprint density at radius 2 is 1.85 bits per heavy atom. The maximum absolute atomic E-state index is 11.3. The number of hydrogen-bond acceptors (Lipinski definition) is 4. The van der Waals surface area contributed by atoms with E-state index in [4.69, 9.17) is 19.7 Å². The van der Waals surface area contributed by atoms with E-state index in [0.29, 0.717) is 6.42 Å². The molecule has 112 valence electrons. The number of rotatable bonds is 5. The summed E-state index contributed by atoms with van der Waals surface area (Å²) < 4.78 is 5.00. The molecule has 20 heavy (non-hydrogen) atoms. The monoisotopic (exact) mass is 283 g/mol. The van der Waals surface area contributed by atoms with Crippen LogP contribution in [0, 0.1) is 0 Å². The fourth-order valence-electron chi connectivity index (χ4n) is 1.21. The highest BCUT2D eigenvalue weighted by atomic mass is 16.5. The van der Waals surface area contributed by atoms with Crippen LogP contribution in [0.5, 0.6) is 0 Å². The van der Waals surface area contributed by atoms with Gasteiger partial charge in [0, 0.05) is 6.92 Å². The lowest BCUT2D eigenvalue weighted by molar-refractivity contribution is -0.134. The van der Waals surface area contributed by atoms with Gasteiger partial charge >= 0.3 is 6.09 Å². The zero-order chi connectivity index (χ0) is 15.4. The molecule has 1 rings (SSSR count). The standard InChI is InChI=1S/C12H17NO3.C2H4O2/c1-2-11(8-14)13-12(15)16-9-10-6-4-3-5-7-10;1-2(3)4/h3-7,11,14H,2,8-9H2,1H3,(H,13,15);1H3,(H,3,4). The topological polar surface area (TPSA) is 95.9 Å². The second-order valence-electron chi connectivity index (χ2n) is 4.01. The molecule has 0 heterocycles. The van der Waals surface area contributed by atoms with Crippen molar-refractivity contribution in [2.45, 2.75) is 32.9 Å². The summed E-state index contributed by atoms with van der Waals surface area (Å²) in [6.07, 6.45) is 0.182. The van der Waals surface area contributed by atoms with Gasteiger partial charge in [-0.05, 0) is 12.0 Å². The molecule has 3 N–H and O–H groups in total. The van der Waals surface area contributed by atoms with E-state index in [2.05, 4.69) is 5.32 Å². The highest BCUT2D eigenvalue weighted by Gasteiger charge is 2.09. The van der Waals surface area contributed by atoms with Crippen molar-refractivity contribution in [3.8, 4) is 0 Å². The number of carboxylic acids is 1. The van der Waals surface area contributed by atoms with E-state index >= 15 is 0 Å². The summed E-state index contributed by atoms with van der Waals surface area (Å²) in [5, 5.41) is 18.9. The molecule has 6 heteroatoms. The van der Waals surface area contributed by atoms with E-state index in [1.165, 1.54) is 0 Å². The molecule has 1 unspecified atom stereocenters. The Morgan fingerprint density at radius 3 is 2.30 bits per heavy atom. The smallest absolute Gasteiger partial charge is 0.407 e. The first-order chi connectivity index (χ1) is 9.49. The fraction of sp³-hybridized carbons (Fsp3) is 0.429. The van der Waals surface area contributed by atoms with Gasteiger partial charge < -0.3 is 20.3 Å². The number of alkyl carbamates (subject to hydrolysis) is 1. The summed E-state index contributed by atoms with van der Waals surface area (Å²) in [6.45, 7) is 3.14. The summed E-state index contributed by atoms with van der Waals surface area (Å²) in [5.41, 5.74) is 0.940. The molecule has 6 nitrogen and oxygen atoms in total. The predicted molar refractivity (Wildman–Crippen MR) is 74.2 cm³/mol. The van der Waals surface area contributed by atoms with Crippen LogP contribution in [-0.2, 0) is 16.1 Å². The summed E-state index contributed by atoms with van der Waals surface area (Å²) in [6, 6.07) is 9.22. The maximum Gasteiger partial charge on any atom is 0.407 e. The number of amides is 1. The Morgan fingerprint density at radius 1 is 1.30 bits per heavy atom. The Bertz CT molecular complexity index is 386. The normalized spacial score (nSPS) is 10.8. The predicted octanol–water partition coefficient (Wildman–Crippen LogP) is 1.77. The van der Waals surface area contributed by atoms with Crippen LogP contribution in [0.1, 0.15) is 25.8 Å². The third kappa shape index (κ3) is 9.90. The number of aliphatic carboxylic acids is 1. The van der Waals surface area contributed by atoms with Crippen molar-refractivity contribution in [3.63, 3.8) is 0 Å². The van der Waals surface area contributed by atoms with Crippen LogP contribution in [-0.4, -0.2) is 34.9 Å². The van der Waals surface area contributed by atoms with Crippen molar-refractivity contribution in [2.75, 3.05) is 6.61 Å². The van der Waals surface area contributed by atoms with Gasteiger partial charge in [-0.2, -0.15) is 0 Å². The van der Waals surface area contributed by atoms with Gasteiger partial charge in [0.1, 0.15) is 6.61 Å². The molecule has 1 amide bonds. The number of nitrogens with one attached hydrogen (secondary N) is 1. The number of benzene rings is 1. The van der Waals surface area contributed by atoms with Gasteiger partial charge in [-0.25, -0.2) is 4.79 Å². The number of carbonyl (C=O) groups excluding carboxylic acids is 1. The molecule has 1 aromatic carbocycles. The third-order valence-electron chi connectivity index (χ3n) is 2.25. The van der Waals surface area contributed by atoms with E-state index in [1.54, 1.807) is 0 Å². The van der Waals surface area contributed by atoms with Crippen molar-refractivity contribution in [3.05, 3.63) is 35.9 Å². The molecule has 0 aliphatic rings. The zero-order valence-electron chi connectivity index (χ0n) is 11.7. The van der Waals surface area contributed by atoms with Gasteiger partial charge in [-0.1, -0.05) is 37.3 Å². The minimum absolute atomic E-state index is 0.0725. The van der Waals surface area contributed by atoms with Gasteiger partial charge in [-0.15, -0.1) is 0 Å².